The number of nitrogens with two attached hydrogens (primary N) is 1. The van der Waals surface area contributed by atoms with E-state index in [1.807, 2.05) is 6.92 Å². The van der Waals surface area contributed by atoms with E-state index in [4.69, 9.17) is 10.5 Å². The van der Waals surface area contributed by atoms with Crippen LogP contribution >= 0.6 is 0 Å². The number of carbonyl (C=O) groups excluding carboxylic acids is 1. The molecule has 3 rings (SSSR count). The number of nitrogens with zero attached hydrogens (tertiary/aromatic N) is 2. The number of pyridine rings is 2. The number of fused-ring (bicyclic) bond motifs is 1. The largest absolute Gasteiger partial charge is 0.497 e. The third-order valence-electron chi connectivity index (χ3n) is 5.01. The molecule has 0 aliphatic rings. The third kappa shape index (κ3) is 4.09. The van der Waals surface area contributed by atoms with Crippen LogP contribution in [0, 0.1) is 11.8 Å². The van der Waals surface area contributed by atoms with Gasteiger partial charge in [0.05, 0.1) is 12.5 Å². The molecule has 0 radical (unpaired) electrons. The molecule has 0 aliphatic heterocycles. The fourth-order valence-electron chi connectivity index (χ4n) is 3.24. The Morgan fingerprint density at radius 3 is 2.55 bits per heavy atom. The second kappa shape index (κ2) is 8.50. The number of anilines is 1. The Labute approximate surface area is 179 Å². The quantitative estimate of drug-likeness (QED) is 0.552. The van der Waals surface area contributed by atoms with E-state index in [1.54, 1.807) is 55.0 Å². The minimum absolute atomic E-state index is 0.0437. The number of aryl methyl sites for hydroxylation is 1. The molecule has 8 nitrogen and oxygen atoms in total. The molecule has 1 unspecified atom stereocenters. The van der Waals surface area contributed by atoms with Gasteiger partial charge in [-0.3, -0.25) is 9.59 Å². The van der Waals surface area contributed by atoms with E-state index < -0.39 is 16.9 Å². The van der Waals surface area contributed by atoms with Crippen molar-refractivity contribution in [2.45, 2.75) is 26.0 Å². The molecule has 8 heteroatoms. The van der Waals surface area contributed by atoms with E-state index >= 15 is 0 Å². The second-order valence-corrected chi connectivity index (χ2v) is 7.03. The van der Waals surface area contributed by atoms with E-state index in [1.165, 1.54) is 7.05 Å². The molecule has 4 N–H and O–H groups in total. The number of aromatic nitrogens is 2. The normalized spacial score (nSPS) is 12.5. The number of carbonyl (C=O) groups is 1. The Morgan fingerprint density at radius 1 is 1.29 bits per heavy atom. The molecule has 31 heavy (non-hydrogen) atoms. The van der Waals surface area contributed by atoms with E-state index in [0.29, 0.717) is 29.2 Å². The average molecular weight is 420 g/mol. The molecule has 0 spiro atoms. The summed E-state index contributed by atoms with van der Waals surface area (Å²) in [7, 11) is 3.01. The highest BCUT2D eigenvalue weighted by Crippen LogP contribution is 2.23. The number of aliphatic hydroxyl groups is 1. The van der Waals surface area contributed by atoms with Crippen molar-refractivity contribution in [1.29, 1.82) is 0 Å². The van der Waals surface area contributed by atoms with Crippen LogP contribution in [0.4, 0.5) is 5.82 Å². The van der Waals surface area contributed by atoms with Crippen molar-refractivity contribution in [2.24, 2.45) is 0 Å². The monoisotopic (exact) mass is 420 g/mol. The molecule has 3 aromatic rings. The van der Waals surface area contributed by atoms with Crippen molar-refractivity contribution in [2.75, 3.05) is 19.9 Å². The molecule has 2 aromatic heterocycles. The summed E-state index contributed by atoms with van der Waals surface area (Å²) < 4.78 is 6.72. The zero-order chi connectivity index (χ0) is 22.8. The highest BCUT2D eigenvalue weighted by Gasteiger charge is 2.21. The lowest BCUT2D eigenvalue weighted by Gasteiger charge is -2.17. The number of rotatable bonds is 4. The Bertz CT molecular complexity index is 1270. The van der Waals surface area contributed by atoms with Crippen molar-refractivity contribution in [3.05, 3.63) is 63.4 Å². The fourth-order valence-corrected chi connectivity index (χ4v) is 3.24. The molecular formula is C23H24N4O4. The lowest BCUT2D eigenvalue weighted by Crippen LogP contribution is -2.30. The van der Waals surface area contributed by atoms with E-state index in [0.717, 1.165) is 0 Å². The maximum atomic E-state index is 12.8. The number of methoxy groups -OCH3 is 1. The number of hydrogen-bond acceptors (Lipinski definition) is 6. The van der Waals surface area contributed by atoms with Gasteiger partial charge in [0.15, 0.2) is 0 Å². The first kappa shape index (κ1) is 21.9. The van der Waals surface area contributed by atoms with Crippen molar-refractivity contribution in [1.82, 2.24) is 14.9 Å². The van der Waals surface area contributed by atoms with Crippen LogP contribution in [0.5, 0.6) is 5.75 Å². The molecule has 1 aromatic carbocycles. The molecule has 0 bridgehead atoms. The Hall–Kier alpha value is -3.83. The van der Waals surface area contributed by atoms with Crippen LogP contribution in [0.15, 0.2) is 41.2 Å². The highest BCUT2D eigenvalue weighted by atomic mass is 16.5. The molecule has 1 atom stereocenters. The maximum Gasteiger partial charge on any atom is 0.258 e. The lowest BCUT2D eigenvalue weighted by molar-refractivity contribution is 0.0962. The predicted octanol–water partition coefficient (Wildman–Crippen LogP) is 1.63. The smallest absolute Gasteiger partial charge is 0.258 e. The molecule has 2 heterocycles. The van der Waals surface area contributed by atoms with Crippen LogP contribution in [-0.2, 0) is 12.1 Å². The summed E-state index contributed by atoms with van der Waals surface area (Å²) in [5.74, 6) is 5.85. The second-order valence-electron chi connectivity index (χ2n) is 7.03. The number of nitrogen functional groups attached to an aromatic ring is 1. The number of ether oxygens (including phenoxy) is 1. The third-order valence-corrected chi connectivity index (χ3v) is 5.01. The summed E-state index contributed by atoms with van der Waals surface area (Å²) in [6.07, 6.45) is 0. The van der Waals surface area contributed by atoms with Gasteiger partial charge in [-0.1, -0.05) is 18.1 Å². The Morgan fingerprint density at radius 2 is 1.97 bits per heavy atom. The first-order chi connectivity index (χ1) is 14.7. The van der Waals surface area contributed by atoms with Crippen LogP contribution in [0.2, 0.25) is 0 Å². The number of amides is 1. The van der Waals surface area contributed by atoms with Crippen LogP contribution < -0.4 is 21.2 Å². The van der Waals surface area contributed by atoms with Crippen LogP contribution in [0.1, 0.15) is 35.5 Å². The van der Waals surface area contributed by atoms with Crippen molar-refractivity contribution in [3.8, 4) is 17.6 Å². The molecule has 1 amide bonds. The number of nitrogens with one attached hydrogen (secondary N) is 1. The summed E-state index contributed by atoms with van der Waals surface area (Å²) in [6.45, 7) is 3.82. The van der Waals surface area contributed by atoms with Crippen LogP contribution in [-0.4, -0.2) is 34.7 Å². The summed E-state index contributed by atoms with van der Waals surface area (Å²) in [5, 5.41) is 13.5. The summed E-state index contributed by atoms with van der Waals surface area (Å²) in [5.41, 5.74) is 5.37. The zero-order valence-electron chi connectivity index (χ0n) is 17.8. The van der Waals surface area contributed by atoms with Crippen molar-refractivity contribution >= 4 is 22.8 Å². The Kier molecular flexibility index (Phi) is 5.99. The SMILES string of the molecule is CCn1c(N)c(C(=O)NC)c(=O)c2ccc(C#CC(C)(O)c3ccc(OC)cc3)nc21. The average Bonchev–Trinajstić information content (AvgIpc) is 2.77. The van der Waals surface area contributed by atoms with Gasteiger partial charge in [-0.2, -0.15) is 0 Å². The van der Waals surface area contributed by atoms with Crippen molar-refractivity contribution in [3.63, 3.8) is 0 Å². The van der Waals surface area contributed by atoms with Gasteiger partial charge in [-0.15, -0.1) is 0 Å². The molecule has 160 valence electrons. The molecule has 0 saturated carbocycles. The molecular weight excluding hydrogens is 396 g/mol. The first-order valence-corrected chi connectivity index (χ1v) is 9.68. The van der Waals surface area contributed by atoms with E-state index in [2.05, 4.69) is 22.1 Å². The summed E-state index contributed by atoms with van der Waals surface area (Å²) in [4.78, 5) is 29.4. The van der Waals surface area contributed by atoms with Gasteiger partial charge in [0.2, 0.25) is 5.43 Å². The predicted molar refractivity (Wildman–Crippen MR) is 119 cm³/mol. The molecule has 0 aliphatic carbocycles. The summed E-state index contributed by atoms with van der Waals surface area (Å²) >= 11 is 0. The lowest BCUT2D eigenvalue weighted by atomic mass is 9.96. The minimum Gasteiger partial charge on any atom is -0.497 e. The minimum atomic E-state index is -1.42. The van der Waals surface area contributed by atoms with Gasteiger partial charge in [0.1, 0.15) is 34.1 Å². The van der Waals surface area contributed by atoms with Crippen LogP contribution in [0.25, 0.3) is 11.0 Å². The fraction of sp³-hybridized carbons (Fsp3) is 0.261. The molecule has 0 fully saturated rings. The maximum absolute atomic E-state index is 12.8. The van der Waals surface area contributed by atoms with Gasteiger partial charge < -0.3 is 25.5 Å². The van der Waals surface area contributed by atoms with Crippen LogP contribution in [0.3, 0.4) is 0 Å². The zero-order valence-corrected chi connectivity index (χ0v) is 17.8. The van der Waals surface area contributed by atoms with Gasteiger partial charge in [-0.05, 0) is 49.6 Å². The van der Waals surface area contributed by atoms with Gasteiger partial charge in [0.25, 0.3) is 5.91 Å². The first-order valence-electron chi connectivity index (χ1n) is 9.68. The van der Waals surface area contributed by atoms with Crippen molar-refractivity contribution < 1.29 is 14.6 Å². The number of hydrogen-bond donors (Lipinski definition) is 3. The van der Waals surface area contributed by atoms with E-state index in [9.17, 15) is 14.7 Å². The van der Waals surface area contributed by atoms with Gasteiger partial charge in [0, 0.05) is 13.6 Å². The van der Waals surface area contributed by atoms with Gasteiger partial charge in [-0.25, -0.2) is 4.98 Å². The number of benzene rings is 1. The van der Waals surface area contributed by atoms with E-state index in [-0.39, 0.29) is 16.8 Å². The highest BCUT2D eigenvalue weighted by molar-refractivity contribution is 6.01. The standard InChI is InChI=1S/C23H24N4O4/c1-5-27-20(24)18(22(29)25-3)19(28)17-11-8-15(26-21(17)27)12-13-23(2,30)14-6-9-16(31-4)10-7-14/h6-11,30H,5,24H2,1-4H3,(H,25,29). The molecule has 0 saturated heterocycles. The topological polar surface area (TPSA) is 119 Å². The Balaban J connectivity index is 2.09. The summed E-state index contributed by atoms with van der Waals surface area (Å²) in [6, 6.07) is 10.1. The van der Waals surface area contributed by atoms with Gasteiger partial charge >= 0.3 is 0 Å².